The average molecular weight is 307 g/mol. The van der Waals surface area contributed by atoms with E-state index in [0.717, 1.165) is 17.7 Å². The van der Waals surface area contributed by atoms with E-state index in [1.807, 2.05) is 0 Å². The topological polar surface area (TPSA) is 92.5 Å². The van der Waals surface area contributed by atoms with Crippen LogP contribution in [0.3, 0.4) is 0 Å². The molecule has 1 saturated carbocycles. The van der Waals surface area contributed by atoms with E-state index in [2.05, 4.69) is 12.3 Å². The minimum atomic E-state index is -0.365. The van der Waals surface area contributed by atoms with Crippen molar-refractivity contribution in [2.75, 3.05) is 0 Å². The van der Waals surface area contributed by atoms with Crippen LogP contribution in [0.25, 0.3) is 0 Å². The van der Waals surface area contributed by atoms with Gasteiger partial charge in [-0.05, 0) is 30.9 Å². The number of nitrogens with one attached hydrogen (secondary N) is 1. The number of hydrogen-bond acceptors (Lipinski definition) is 5. The monoisotopic (exact) mass is 307 g/mol. The van der Waals surface area contributed by atoms with Gasteiger partial charge in [-0.15, -0.1) is 11.3 Å². The molecule has 3 rings (SSSR count). The third-order valence-electron chi connectivity index (χ3n) is 4.30. The van der Waals surface area contributed by atoms with Crippen molar-refractivity contribution in [3.05, 3.63) is 21.9 Å². The minimum Gasteiger partial charge on any atom is -0.289 e. The molecule has 0 radical (unpaired) electrons. The van der Waals surface area contributed by atoms with Crippen LogP contribution in [0.15, 0.2) is 12.1 Å². The molecule has 2 heterocycles. The van der Waals surface area contributed by atoms with Crippen molar-refractivity contribution in [1.29, 1.82) is 0 Å². The highest BCUT2D eigenvalue weighted by molar-refractivity contribution is 7.14. The van der Waals surface area contributed by atoms with Crippen LogP contribution >= 0.6 is 11.3 Å². The van der Waals surface area contributed by atoms with Crippen molar-refractivity contribution in [2.45, 2.75) is 26.3 Å². The van der Waals surface area contributed by atoms with Gasteiger partial charge in [0.2, 0.25) is 11.8 Å². The summed E-state index contributed by atoms with van der Waals surface area (Å²) in [7, 11) is 0. The molecular formula is C14H17N3O3S. The van der Waals surface area contributed by atoms with E-state index in [-0.39, 0.29) is 36.1 Å². The second-order valence-corrected chi connectivity index (χ2v) is 6.96. The summed E-state index contributed by atoms with van der Waals surface area (Å²) in [5.74, 6) is 4.76. The Bertz CT molecular complexity index is 588. The van der Waals surface area contributed by atoms with Gasteiger partial charge < -0.3 is 0 Å². The molecule has 6 nitrogen and oxygen atoms in total. The lowest BCUT2D eigenvalue weighted by molar-refractivity contribution is -0.141. The summed E-state index contributed by atoms with van der Waals surface area (Å²) in [6.07, 6.45) is 1.61. The quantitative estimate of drug-likeness (QED) is 0.375. The van der Waals surface area contributed by atoms with Crippen LogP contribution in [0.2, 0.25) is 0 Å². The summed E-state index contributed by atoms with van der Waals surface area (Å²) >= 11 is 1.25. The van der Waals surface area contributed by atoms with Crippen molar-refractivity contribution >= 4 is 29.1 Å². The predicted octanol–water partition coefficient (Wildman–Crippen LogP) is 0.883. The second kappa shape index (κ2) is 5.23. The fourth-order valence-corrected chi connectivity index (χ4v) is 4.21. The molecule has 7 heteroatoms. The van der Waals surface area contributed by atoms with Crippen LogP contribution in [0.1, 0.15) is 34.3 Å². The van der Waals surface area contributed by atoms with E-state index in [1.54, 1.807) is 12.1 Å². The maximum atomic E-state index is 12.4. The van der Waals surface area contributed by atoms with Gasteiger partial charge in [-0.1, -0.05) is 6.92 Å². The molecule has 1 aromatic rings. The molecule has 3 amide bonds. The summed E-state index contributed by atoms with van der Waals surface area (Å²) in [4.78, 5) is 38.7. The highest BCUT2D eigenvalue weighted by Crippen LogP contribution is 2.43. The number of nitrogen functional groups attached to an aromatic ring is 1. The van der Waals surface area contributed by atoms with E-state index < -0.39 is 0 Å². The Labute approximate surface area is 126 Å². The molecule has 0 bridgehead atoms. The number of fused-ring (bicyclic) bond motifs is 1. The van der Waals surface area contributed by atoms with Gasteiger partial charge in [-0.3, -0.25) is 24.7 Å². The van der Waals surface area contributed by atoms with E-state index in [0.29, 0.717) is 10.8 Å². The Morgan fingerprint density at radius 1 is 1.33 bits per heavy atom. The maximum absolute atomic E-state index is 12.4. The summed E-state index contributed by atoms with van der Waals surface area (Å²) in [5, 5.41) is 0. The Balaban J connectivity index is 1.74. The van der Waals surface area contributed by atoms with Gasteiger partial charge in [-0.25, -0.2) is 5.84 Å². The molecule has 3 N–H and O–H groups in total. The fourth-order valence-electron chi connectivity index (χ4n) is 3.31. The number of nitrogens with zero attached hydrogens (tertiary/aromatic N) is 1. The molecule has 21 heavy (non-hydrogen) atoms. The highest BCUT2D eigenvalue weighted by Gasteiger charge is 2.51. The Morgan fingerprint density at radius 3 is 2.52 bits per heavy atom. The molecule has 2 atom stereocenters. The van der Waals surface area contributed by atoms with Crippen molar-refractivity contribution in [3.63, 3.8) is 0 Å². The largest absolute Gasteiger partial charge is 0.289 e. The zero-order valence-corrected chi connectivity index (χ0v) is 12.5. The summed E-state index contributed by atoms with van der Waals surface area (Å²) in [6.45, 7) is 2.34. The third-order valence-corrected chi connectivity index (χ3v) is 5.36. The van der Waals surface area contributed by atoms with Gasteiger partial charge >= 0.3 is 0 Å². The van der Waals surface area contributed by atoms with Crippen molar-refractivity contribution in [2.24, 2.45) is 23.6 Å². The van der Waals surface area contributed by atoms with Gasteiger partial charge in [0.05, 0.1) is 23.3 Å². The number of imide groups is 1. The Kier molecular flexibility index (Phi) is 3.54. The van der Waals surface area contributed by atoms with Crippen LogP contribution in [0.5, 0.6) is 0 Å². The summed E-state index contributed by atoms with van der Waals surface area (Å²) < 4.78 is 0. The summed E-state index contributed by atoms with van der Waals surface area (Å²) in [6, 6.07) is 3.41. The van der Waals surface area contributed by atoms with Crippen molar-refractivity contribution in [1.82, 2.24) is 10.3 Å². The molecule has 1 saturated heterocycles. The third kappa shape index (κ3) is 2.36. The fraction of sp³-hybridized carbons (Fsp3) is 0.500. The second-order valence-electron chi connectivity index (χ2n) is 5.79. The first-order valence-electron chi connectivity index (χ1n) is 6.96. The number of likely N-dealkylation sites (tertiary alicyclic amines) is 1. The Hall–Kier alpha value is -1.73. The molecule has 2 unspecified atom stereocenters. The van der Waals surface area contributed by atoms with Gasteiger partial charge in [0.15, 0.2) is 0 Å². The number of thiophene rings is 1. The summed E-state index contributed by atoms with van der Waals surface area (Å²) in [5.41, 5.74) is 2.07. The molecule has 0 aromatic carbocycles. The molecule has 1 aliphatic heterocycles. The maximum Gasteiger partial charge on any atom is 0.275 e. The zero-order chi connectivity index (χ0) is 15.1. The van der Waals surface area contributed by atoms with E-state index in [9.17, 15) is 14.4 Å². The highest BCUT2D eigenvalue weighted by atomic mass is 32.1. The van der Waals surface area contributed by atoms with Crippen LogP contribution in [0, 0.1) is 17.8 Å². The number of hydrazine groups is 1. The molecule has 2 aliphatic rings. The molecule has 1 aromatic heterocycles. The number of carbonyl (C=O) groups excluding carboxylic acids is 3. The van der Waals surface area contributed by atoms with Crippen molar-refractivity contribution < 1.29 is 14.4 Å². The number of nitrogens with two attached hydrogens (primary N) is 1. The SMILES string of the molecule is CC1CC2C(=O)N(Cc3ccc(C(=O)NN)s3)C(=O)C2C1. The number of hydrogen-bond donors (Lipinski definition) is 2. The first-order valence-corrected chi connectivity index (χ1v) is 7.77. The molecule has 0 spiro atoms. The number of amides is 3. The van der Waals surface area contributed by atoms with Crippen LogP contribution in [-0.2, 0) is 16.1 Å². The Morgan fingerprint density at radius 2 is 1.95 bits per heavy atom. The van der Waals surface area contributed by atoms with Gasteiger partial charge in [-0.2, -0.15) is 0 Å². The van der Waals surface area contributed by atoms with Crippen LogP contribution in [-0.4, -0.2) is 22.6 Å². The normalized spacial score (nSPS) is 28.1. The van der Waals surface area contributed by atoms with E-state index >= 15 is 0 Å². The van der Waals surface area contributed by atoms with E-state index in [1.165, 1.54) is 16.2 Å². The molecule has 112 valence electrons. The smallest absolute Gasteiger partial charge is 0.275 e. The first kappa shape index (κ1) is 14.2. The van der Waals surface area contributed by atoms with Crippen LogP contribution in [0.4, 0.5) is 0 Å². The number of carbonyl (C=O) groups is 3. The zero-order valence-electron chi connectivity index (χ0n) is 11.7. The lowest BCUT2D eigenvalue weighted by Gasteiger charge is -2.15. The first-order chi connectivity index (χ1) is 10.0. The standard InChI is InChI=1S/C14H17N3O3S/c1-7-4-9-10(5-7)14(20)17(13(9)19)6-8-2-3-11(21-8)12(18)16-15/h2-3,7,9-10H,4-6,15H2,1H3,(H,16,18). The molecule has 1 aliphatic carbocycles. The van der Waals surface area contributed by atoms with Gasteiger partial charge in [0, 0.05) is 4.88 Å². The molecule has 2 fully saturated rings. The average Bonchev–Trinajstić information content (AvgIpc) is 3.13. The predicted molar refractivity (Wildman–Crippen MR) is 76.9 cm³/mol. The lowest BCUT2D eigenvalue weighted by Crippen LogP contribution is -2.31. The van der Waals surface area contributed by atoms with Crippen molar-refractivity contribution in [3.8, 4) is 0 Å². The van der Waals surface area contributed by atoms with Crippen LogP contribution < -0.4 is 11.3 Å². The van der Waals surface area contributed by atoms with Gasteiger partial charge in [0.25, 0.3) is 5.91 Å². The molecular weight excluding hydrogens is 290 g/mol. The van der Waals surface area contributed by atoms with E-state index in [4.69, 9.17) is 5.84 Å². The number of rotatable bonds is 3. The lowest BCUT2D eigenvalue weighted by atomic mass is 10.00. The van der Waals surface area contributed by atoms with Gasteiger partial charge in [0.1, 0.15) is 0 Å². The minimum absolute atomic E-state index is 0.0624.